The lowest BCUT2D eigenvalue weighted by Crippen LogP contribution is -2.44. The molecule has 0 saturated heterocycles. The summed E-state index contributed by atoms with van der Waals surface area (Å²) < 4.78 is 22.7. The number of rotatable bonds is 61. The molecule has 0 aliphatic rings. The number of ether oxygens (including phenoxy) is 4. The van der Waals surface area contributed by atoms with Crippen molar-refractivity contribution in [2.24, 2.45) is 0 Å². The highest BCUT2D eigenvalue weighted by Crippen LogP contribution is 2.18. The molecule has 0 bridgehead atoms. The monoisotopic (exact) mass is 1100 g/mol. The highest BCUT2D eigenvalue weighted by Gasteiger charge is 2.22. The van der Waals surface area contributed by atoms with Crippen LogP contribution in [0.25, 0.3) is 0 Å². The van der Waals surface area contributed by atoms with Gasteiger partial charge < -0.3 is 33.3 Å². The molecule has 9 heteroatoms. The molecule has 9 nitrogen and oxygen atoms in total. The number of aliphatic carboxylic acids is 1. The zero-order valence-corrected chi connectivity index (χ0v) is 51.8. The van der Waals surface area contributed by atoms with Gasteiger partial charge in [0.2, 0.25) is 0 Å². The lowest BCUT2D eigenvalue weighted by molar-refractivity contribution is -0.870. The first-order valence-corrected chi connectivity index (χ1v) is 32.9. The number of carboxylic acids is 1. The fraction of sp³-hybridized carbons (Fsp3) is 0.812. The zero-order chi connectivity index (χ0) is 56.9. The number of hydrogen-bond donors (Lipinski definition) is 0. The van der Waals surface area contributed by atoms with E-state index in [2.05, 4.69) is 74.6 Å². The van der Waals surface area contributed by atoms with Gasteiger partial charge in [-0.2, -0.15) is 0 Å². The number of unbranched alkanes of at least 4 members (excludes halogenated alkanes) is 36. The van der Waals surface area contributed by atoms with Crippen molar-refractivity contribution in [2.45, 2.75) is 315 Å². The average molecular weight is 1100 g/mol. The van der Waals surface area contributed by atoms with E-state index in [4.69, 9.17) is 18.9 Å². The van der Waals surface area contributed by atoms with Gasteiger partial charge >= 0.3 is 11.9 Å². The SMILES string of the molecule is CC/C=C\C/C=C\C/C=C\C/C=C\C/C=C\CCCCCCCCCCCCCCCCCCCCCCCCCCCC(=O)OC(COC(=O)CCCCCCCCCCCCCC)COC(OCC[N+](C)(C)C)C(=O)[O-]. The van der Waals surface area contributed by atoms with E-state index in [0.29, 0.717) is 17.4 Å². The normalized spacial score (nSPS) is 13.1. The fourth-order valence-electron chi connectivity index (χ4n) is 9.51. The molecule has 0 saturated carbocycles. The molecule has 0 aliphatic heterocycles. The summed E-state index contributed by atoms with van der Waals surface area (Å²) in [5.41, 5.74) is 0. The van der Waals surface area contributed by atoms with Crippen LogP contribution in [-0.2, 0) is 33.3 Å². The van der Waals surface area contributed by atoms with Gasteiger partial charge in [0.15, 0.2) is 12.4 Å². The van der Waals surface area contributed by atoms with E-state index in [1.165, 1.54) is 205 Å². The summed E-state index contributed by atoms with van der Waals surface area (Å²) in [6.45, 7) is 4.66. The third-order valence-electron chi connectivity index (χ3n) is 14.5. The van der Waals surface area contributed by atoms with Crippen LogP contribution < -0.4 is 5.11 Å². The average Bonchev–Trinajstić information content (AvgIpc) is 3.41. The molecule has 0 fully saturated rings. The number of esters is 2. The molecular weight excluding hydrogens is 971 g/mol. The maximum Gasteiger partial charge on any atom is 0.306 e. The van der Waals surface area contributed by atoms with Crippen molar-refractivity contribution in [2.75, 3.05) is 47.5 Å². The predicted molar refractivity (Wildman–Crippen MR) is 329 cm³/mol. The number of carbonyl (C=O) groups is 3. The van der Waals surface area contributed by atoms with Crippen LogP contribution in [0.2, 0.25) is 0 Å². The Kier molecular flexibility index (Phi) is 57.8. The van der Waals surface area contributed by atoms with Gasteiger partial charge in [0.25, 0.3) is 0 Å². The summed E-state index contributed by atoms with van der Waals surface area (Å²) in [6, 6.07) is 0. The second kappa shape index (κ2) is 60.1. The minimum atomic E-state index is -1.62. The van der Waals surface area contributed by atoms with Gasteiger partial charge in [-0.05, 0) is 57.8 Å². The molecule has 0 rings (SSSR count). The Morgan fingerprint density at radius 3 is 1.09 bits per heavy atom. The first-order valence-electron chi connectivity index (χ1n) is 32.9. The standard InChI is InChI=1S/C69H125NO8/c1-6-8-10-12-14-16-18-20-21-22-23-24-25-26-27-28-29-30-31-32-33-34-35-36-37-38-39-40-41-42-43-44-45-46-47-48-50-52-54-56-58-60-67(72)78-65(64-77-69(68(73)74)75-62-61-70(3,4)5)63-76-66(71)59-57-55-53-51-49-19-17-15-13-11-9-7-2/h8,10,14,16,20-21,23-24,26-27,65,69H,6-7,9,11-13,15,17-19,22,25,28-64H2,1-5H3/b10-8-,16-14-,21-20-,24-23-,27-26-. The smallest absolute Gasteiger partial charge is 0.306 e. The van der Waals surface area contributed by atoms with Crippen LogP contribution in [0.5, 0.6) is 0 Å². The van der Waals surface area contributed by atoms with Crippen molar-refractivity contribution in [3.8, 4) is 0 Å². The number of likely N-dealkylation sites (N-methyl/N-ethyl adjacent to an activating group) is 1. The van der Waals surface area contributed by atoms with E-state index >= 15 is 0 Å². The lowest BCUT2D eigenvalue weighted by atomic mass is 10.0. The molecule has 0 N–H and O–H groups in total. The van der Waals surface area contributed by atoms with Crippen LogP contribution in [0.3, 0.4) is 0 Å². The van der Waals surface area contributed by atoms with Crippen LogP contribution in [0, 0.1) is 0 Å². The molecule has 0 aromatic heterocycles. The van der Waals surface area contributed by atoms with Crippen molar-refractivity contribution in [3.05, 3.63) is 60.8 Å². The third kappa shape index (κ3) is 60.6. The Hall–Kier alpha value is -3.01. The van der Waals surface area contributed by atoms with Crippen LogP contribution in [0.15, 0.2) is 60.8 Å². The Morgan fingerprint density at radius 2 is 0.731 bits per heavy atom. The van der Waals surface area contributed by atoms with Gasteiger partial charge in [0.05, 0.1) is 40.3 Å². The van der Waals surface area contributed by atoms with Gasteiger partial charge in [0.1, 0.15) is 13.2 Å². The summed E-state index contributed by atoms with van der Waals surface area (Å²) in [5, 5.41) is 11.8. The maximum atomic E-state index is 12.9. The van der Waals surface area contributed by atoms with Gasteiger partial charge in [0, 0.05) is 12.8 Å². The minimum absolute atomic E-state index is 0.150. The van der Waals surface area contributed by atoms with E-state index in [1.807, 2.05) is 21.1 Å². The molecular formula is C69H125NO8. The Labute approximate surface area is 482 Å². The number of carboxylic acid groups (broad SMARTS) is 1. The molecule has 454 valence electrons. The number of allylic oxidation sites excluding steroid dienone is 10. The summed E-state index contributed by atoms with van der Waals surface area (Å²) in [5.74, 6) is -2.26. The van der Waals surface area contributed by atoms with E-state index in [0.717, 1.165) is 70.6 Å². The van der Waals surface area contributed by atoms with E-state index in [9.17, 15) is 19.5 Å². The number of quaternary nitrogens is 1. The van der Waals surface area contributed by atoms with Gasteiger partial charge in [-0.15, -0.1) is 0 Å². The zero-order valence-electron chi connectivity index (χ0n) is 51.8. The molecule has 0 heterocycles. The van der Waals surface area contributed by atoms with Crippen molar-refractivity contribution < 1.29 is 42.9 Å². The van der Waals surface area contributed by atoms with Crippen LogP contribution >= 0.6 is 0 Å². The number of carbonyl (C=O) groups excluding carboxylic acids is 3. The Morgan fingerprint density at radius 1 is 0.397 bits per heavy atom. The maximum absolute atomic E-state index is 12.9. The third-order valence-corrected chi connectivity index (χ3v) is 14.5. The van der Waals surface area contributed by atoms with Crippen molar-refractivity contribution in [1.29, 1.82) is 0 Å². The highest BCUT2D eigenvalue weighted by atomic mass is 16.7. The fourth-order valence-corrected chi connectivity index (χ4v) is 9.51. The van der Waals surface area contributed by atoms with Crippen molar-refractivity contribution in [3.63, 3.8) is 0 Å². The van der Waals surface area contributed by atoms with E-state index in [-0.39, 0.29) is 32.2 Å². The first-order chi connectivity index (χ1) is 38.1. The molecule has 0 aromatic carbocycles. The Bertz CT molecular complexity index is 1460. The molecule has 0 amide bonds. The molecule has 0 radical (unpaired) electrons. The largest absolute Gasteiger partial charge is 0.545 e. The van der Waals surface area contributed by atoms with Gasteiger partial charge in [-0.1, -0.05) is 293 Å². The van der Waals surface area contributed by atoms with Crippen molar-refractivity contribution in [1.82, 2.24) is 0 Å². The molecule has 2 atom stereocenters. The Balaban J connectivity index is 3.89. The molecule has 0 spiro atoms. The van der Waals surface area contributed by atoms with Crippen LogP contribution in [0.4, 0.5) is 0 Å². The number of hydrogen-bond acceptors (Lipinski definition) is 8. The summed E-state index contributed by atoms with van der Waals surface area (Å²) in [7, 11) is 5.93. The molecule has 78 heavy (non-hydrogen) atoms. The second-order valence-electron chi connectivity index (χ2n) is 23.4. The quantitative estimate of drug-likeness (QED) is 0.0195. The summed E-state index contributed by atoms with van der Waals surface area (Å²) in [4.78, 5) is 37.2. The minimum Gasteiger partial charge on any atom is -0.545 e. The second-order valence-corrected chi connectivity index (χ2v) is 23.4. The molecule has 0 aliphatic carbocycles. The van der Waals surface area contributed by atoms with Crippen LogP contribution in [-0.4, -0.2) is 82.3 Å². The summed E-state index contributed by atoms with van der Waals surface area (Å²) in [6.07, 6.45) is 74.6. The topological polar surface area (TPSA) is 111 Å². The summed E-state index contributed by atoms with van der Waals surface area (Å²) >= 11 is 0. The molecule has 0 aromatic rings. The van der Waals surface area contributed by atoms with Gasteiger partial charge in [-0.25, -0.2) is 0 Å². The van der Waals surface area contributed by atoms with E-state index in [1.54, 1.807) is 0 Å². The molecule has 2 unspecified atom stereocenters. The predicted octanol–water partition coefficient (Wildman–Crippen LogP) is 18.6. The first kappa shape index (κ1) is 75.0. The highest BCUT2D eigenvalue weighted by molar-refractivity contribution is 5.70. The van der Waals surface area contributed by atoms with Crippen LogP contribution in [0.1, 0.15) is 303 Å². The number of nitrogens with zero attached hydrogens (tertiary/aromatic N) is 1. The van der Waals surface area contributed by atoms with Crippen molar-refractivity contribution >= 4 is 17.9 Å². The lowest BCUT2D eigenvalue weighted by Gasteiger charge is -2.26. The van der Waals surface area contributed by atoms with E-state index < -0.39 is 24.3 Å². The van der Waals surface area contributed by atoms with Gasteiger partial charge in [-0.3, -0.25) is 9.59 Å².